The van der Waals surface area contributed by atoms with Gasteiger partial charge in [-0.25, -0.2) is 0 Å². The van der Waals surface area contributed by atoms with Gasteiger partial charge in [-0.2, -0.15) is 0 Å². The number of esters is 1. The van der Waals surface area contributed by atoms with Crippen molar-refractivity contribution in [3.63, 3.8) is 0 Å². The molecule has 0 aliphatic heterocycles. The van der Waals surface area contributed by atoms with Gasteiger partial charge >= 0.3 is 5.97 Å². The van der Waals surface area contributed by atoms with Crippen LogP contribution in [0.2, 0.25) is 0 Å². The van der Waals surface area contributed by atoms with Gasteiger partial charge in [0, 0.05) is 12.8 Å². The summed E-state index contributed by atoms with van der Waals surface area (Å²) < 4.78 is 5.46. The van der Waals surface area contributed by atoms with Gasteiger partial charge in [0.15, 0.2) is 0 Å². The zero-order chi connectivity index (χ0) is 47.2. The fraction of sp³-hybridized carbons (Fsp3) is 0.898. The molecule has 6 nitrogen and oxygen atoms in total. The number of carbonyl (C=O) groups excluding carboxylic acids is 2. The summed E-state index contributed by atoms with van der Waals surface area (Å²) in [5.74, 6) is -0.1000. The second kappa shape index (κ2) is 54.9. The minimum atomic E-state index is -0.856. The first kappa shape index (κ1) is 63.3. The normalized spacial score (nSPS) is 12.7. The molecular formula is C59H113NO5. The van der Waals surface area contributed by atoms with E-state index < -0.39 is 12.1 Å². The average Bonchev–Trinajstić information content (AvgIpc) is 3.31. The van der Waals surface area contributed by atoms with Gasteiger partial charge in [-0.1, -0.05) is 269 Å². The second-order valence-electron chi connectivity index (χ2n) is 20.0. The Hall–Kier alpha value is -1.66. The smallest absolute Gasteiger partial charge is 0.305 e. The van der Waals surface area contributed by atoms with E-state index in [1.54, 1.807) is 6.08 Å². The fourth-order valence-corrected chi connectivity index (χ4v) is 8.98. The molecule has 1 amide bonds. The molecule has 0 aliphatic rings. The third-order valence-corrected chi connectivity index (χ3v) is 13.5. The zero-order valence-electron chi connectivity index (χ0n) is 43.7. The van der Waals surface area contributed by atoms with Crippen molar-refractivity contribution in [2.45, 2.75) is 328 Å². The Bertz CT molecular complexity index is 1010. The summed E-state index contributed by atoms with van der Waals surface area (Å²) >= 11 is 0. The third kappa shape index (κ3) is 51.6. The maximum Gasteiger partial charge on any atom is 0.305 e. The van der Waals surface area contributed by atoms with Crippen LogP contribution in [0.25, 0.3) is 0 Å². The summed E-state index contributed by atoms with van der Waals surface area (Å²) in [4.78, 5) is 24.5. The van der Waals surface area contributed by atoms with Gasteiger partial charge in [0.2, 0.25) is 5.91 Å². The number of hydrogen-bond acceptors (Lipinski definition) is 5. The molecular weight excluding hydrogens is 803 g/mol. The van der Waals surface area contributed by atoms with E-state index >= 15 is 0 Å². The summed E-state index contributed by atoms with van der Waals surface area (Å²) in [6.07, 6.45) is 66.2. The highest BCUT2D eigenvalue weighted by Crippen LogP contribution is 2.17. The van der Waals surface area contributed by atoms with E-state index in [0.717, 1.165) is 57.8 Å². The van der Waals surface area contributed by atoms with Crippen LogP contribution in [0.5, 0.6) is 0 Å². The summed E-state index contributed by atoms with van der Waals surface area (Å²) in [6.45, 7) is 4.87. The lowest BCUT2D eigenvalue weighted by Crippen LogP contribution is -2.45. The highest BCUT2D eigenvalue weighted by Gasteiger charge is 2.18. The van der Waals surface area contributed by atoms with E-state index in [9.17, 15) is 19.8 Å². The maximum atomic E-state index is 12.5. The predicted octanol–water partition coefficient (Wildman–Crippen LogP) is 17.9. The molecule has 0 radical (unpaired) electrons. The van der Waals surface area contributed by atoms with Crippen LogP contribution in [0.1, 0.15) is 316 Å². The number of allylic oxidation sites excluding steroid dienone is 3. The van der Waals surface area contributed by atoms with Crippen LogP contribution in [0, 0.1) is 0 Å². The van der Waals surface area contributed by atoms with E-state index in [-0.39, 0.29) is 18.5 Å². The van der Waals surface area contributed by atoms with Crippen molar-refractivity contribution in [3.8, 4) is 0 Å². The van der Waals surface area contributed by atoms with Crippen LogP contribution in [0.3, 0.4) is 0 Å². The summed E-state index contributed by atoms with van der Waals surface area (Å²) in [7, 11) is 0. The molecule has 3 N–H and O–H groups in total. The zero-order valence-corrected chi connectivity index (χ0v) is 43.7. The predicted molar refractivity (Wildman–Crippen MR) is 283 cm³/mol. The first-order valence-electron chi connectivity index (χ1n) is 29.1. The van der Waals surface area contributed by atoms with Crippen LogP contribution in [-0.2, 0) is 14.3 Å². The maximum absolute atomic E-state index is 12.5. The molecule has 2 unspecified atom stereocenters. The average molecular weight is 917 g/mol. The number of carbonyl (C=O) groups is 2. The summed E-state index contributed by atoms with van der Waals surface area (Å²) in [6, 6.07) is -0.640. The Morgan fingerprint density at radius 3 is 1.09 bits per heavy atom. The molecule has 0 spiro atoms. The van der Waals surface area contributed by atoms with E-state index in [4.69, 9.17) is 4.74 Å². The topological polar surface area (TPSA) is 95.9 Å². The minimum Gasteiger partial charge on any atom is -0.466 e. The van der Waals surface area contributed by atoms with Gasteiger partial charge in [-0.15, -0.1) is 0 Å². The minimum absolute atomic E-state index is 0.0188. The van der Waals surface area contributed by atoms with Crippen LogP contribution in [0.4, 0.5) is 0 Å². The van der Waals surface area contributed by atoms with Crippen LogP contribution in [-0.4, -0.2) is 47.4 Å². The molecule has 2 atom stereocenters. The molecule has 0 aromatic heterocycles. The van der Waals surface area contributed by atoms with Crippen molar-refractivity contribution >= 4 is 11.9 Å². The van der Waals surface area contributed by atoms with Crippen molar-refractivity contribution in [1.29, 1.82) is 0 Å². The van der Waals surface area contributed by atoms with Crippen LogP contribution in [0.15, 0.2) is 24.3 Å². The lowest BCUT2D eigenvalue weighted by molar-refractivity contribution is -0.143. The molecule has 0 rings (SSSR count). The molecule has 0 heterocycles. The van der Waals surface area contributed by atoms with Gasteiger partial charge in [-0.3, -0.25) is 9.59 Å². The van der Waals surface area contributed by atoms with Crippen molar-refractivity contribution in [3.05, 3.63) is 24.3 Å². The van der Waals surface area contributed by atoms with Crippen molar-refractivity contribution in [1.82, 2.24) is 5.32 Å². The number of aliphatic hydroxyl groups excluding tert-OH is 2. The van der Waals surface area contributed by atoms with Crippen LogP contribution < -0.4 is 5.32 Å². The standard InChI is InChI=1S/C59H113NO5/c1-3-5-7-9-11-13-15-17-19-20-21-22-23-24-25-26-27-31-35-39-43-47-51-57(62)56(55-61)60-58(63)52-48-44-40-36-32-29-30-34-38-42-46-50-54-65-59(64)53-49-45-41-37-33-28-18-16-14-12-10-8-6-4-2/h16,18,47,51,56-57,61-62H,3-15,17,19-46,48-50,52-55H2,1-2H3,(H,60,63)/b18-16-,51-47+. The van der Waals surface area contributed by atoms with E-state index in [1.807, 2.05) is 6.08 Å². The number of ether oxygens (including phenoxy) is 1. The monoisotopic (exact) mass is 916 g/mol. The number of aliphatic hydroxyl groups is 2. The molecule has 0 aliphatic carbocycles. The molecule has 6 heteroatoms. The van der Waals surface area contributed by atoms with Gasteiger partial charge in [0.25, 0.3) is 0 Å². The van der Waals surface area contributed by atoms with Gasteiger partial charge in [0.05, 0.1) is 25.4 Å². The highest BCUT2D eigenvalue weighted by molar-refractivity contribution is 5.76. The van der Waals surface area contributed by atoms with E-state index in [1.165, 1.54) is 231 Å². The first-order chi connectivity index (χ1) is 32.0. The SMILES string of the molecule is CCCCCCC/C=C\CCCCCCCC(=O)OCCCCCCCCCCCCCCC(=O)NC(CO)C(O)/C=C/CCCCCCCCCCCCCCCCCCCCCC. The van der Waals surface area contributed by atoms with Crippen molar-refractivity contribution in [2.75, 3.05) is 13.2 Å². The molecule has 384 valence electrons. The molecule has 0 saturated heterocycles. The summed E-state index contributed by atoms with van der Waals surface area (Å²) in [5, 5.41) is 23.2. The second-order valence-corrected chi connectivity index (χ2v) is 20.0. The molecule has 0 saturated carbocycles. The third-order valence-electron chi connectivity index (χ3n) is 13.5. The molecule has 0 aromatic carbocycles. The molecule has 0 aromatic rings. The van der Waals surface area contributed by atoms with Gasteiger partial charge < -0.3 is 20.3 Å². The largest absolute Gasteiger partial charge is 0.466 e. The number of rotatable bonds is 54. The first-order valence-corrected chi connectivity index (χ1v) is 29.1. The number of hydrogen-bond donors (Lipinski definition) is 3. The Morgan fingerprint density at radius 2 is 0.723 bits per heavy atom. The summed E-state index contributed by atoms with van der Waals surface area (Å²) in [5.41, 5.74) is 0. The lowest BCUT2D eigenvalue weighted by atomic mass is 10.0. The Kier molecular flexibility index (Phi) is 53.5. The lowest BCUT2D eigenvalue weighted by Gasteiger charge is -2.20. The molecule has 65 heavy (non-hydrogen) atoms. The van der Waals surface area contributed by atoms with Gasteiger partial charge in [0.1, 0.15) is 0 Å². The Labute approximate surface area is 405 Å². The van der Waals surface area contributed by atoms with E-state index in [0.29, 0.717) is 19.4 Å². The van der Waals surface area contributed by atoms with Crippen molar-refractivity contribution < 1.29 is 24.5 Å². The fourth-order valence-electron chi connectivity index (χ4n) is 8.98. The number of amides is 1. The van der Waals surface area contributed by atoms with Crippen LogP contribution >= 0.6 is 0 Å². The Balaban J connectivity index is 3.49. The van der Waals surface area contributed by atoms with Gasteiger partial charge in [-0.05, 0) is 57.8 Å². The van der Waals surface area contributed by atoms with Crippen molar-refractivity contribution in [2.24, 2.45) is 0 Å². The quantitative estimate of drug-likeness (QED) is 0.0321. The molecule has 0 bridgehead atoms. The molecule has 0 fully saturated rings. The van der Waals surface area contributed by atoms with E-state index in [2.05, 4.69) is 31.3 Å². The number of nitrogens with one attached hydrogen (secondary N) is 1. The number of unbranched alkanes of at least 4 members (excludes halogenated alkanes) is 41. The highest BCUT2D eigenvalue weighted by atomic mass is 16.5. The Morgan fingerprint density at radius 1 is 0.415 bits per heavy atom.